The molecule has 2 N–H and O–H groups in total. The van der Waals surface area contributed by atoms with E-state index < -0.39 is 0 Å². The summed E-state index contributed by atoms with van der Waals surface area (Å²) in [6, 6.07) is 16.9. The molecule has 1 atom stereocenters. The van der Waals surface area contributed by atoms with Crippen LogP contribution in [0.3, 0.4) is 0 Å². The van der Waals surface area contributed by atoms with Crippen LogP contribution < -0.4 is 10.6 Å². The van der Waals surface area contributed by atoms with Crippen molar-refractivity contribution < 1.29 is 4.79 Å². The van der Waals surface area contributed by atoms with Crippen molar-refractivity contribution in [3.8, 4) is 0 Å². The first-order valence-electron chi connectivity index (χ1n) is 9.72. The van der Waals surface area contributed by atoms with E-state index in [2.05, 4.69) is 73.0 Å². The minimum absolute atomic E-state index is 0.0818. The molecule has 1 saturated carbocycles. The number of nitrogens with one attached hydrogen (secondary N) is 2. The molecule has 26 heavy (non-hydrogen) atoms. The lowest BCUT2D eigenvalue weighted by molar-refractivity contribution is -0.123. The van der Waals surface area contributed by atoms with Crippen LogP contribution in [0.5, 0.6) is 0 Å². The number of benzene rings is 2. The van der Waals surface area contributed by atoms with Gasteiger partial charge in [0.05, 0.1) is 6.04 Å². The van der Waals surface area contributed by atoms with Gasteiger partial charge in [0.25, 0.3) is 0 Å². The molecular weight excluding hydrogens is 320 g/mol. The van der Waals surface area contributed by atoms with E-state index in [1.54, 1.807) is 0 Å². The lowest BCUT2D eigenvalue weighted by Crippen LogP contribution is -2.35. The molecule has 1 spiro atoms. The Morgan fingerprint density at radius 3 is 2.15 bits per heavy atom. The van der Waals surface area contributed by atoms with Gasteiger partial charge in [0.2, 0.25) is 5.91 Å². The van der Waals surface area contributed by atoms with Crippen LogP contribution in [0.25, 0.3) is 0 Å². The quantitative estimate of drug-likeness (QED) is 0.880. The molecule has 1 amide bonds. The van der Waals surface area contributed by atoms with Crippen molar-refractivity contribution in [2.45, 2.75) is 39.2 Å². The molecule has 0 radical (unpaired) electrons. The summed E-state index contributed by atoms with van der Waals surface area (Å²) in [4.78, 5) is 13.1. The summed E-state index contributed by atoms with van der Waals surface area (Å²) in [6.45, 7) is 6.29. The Kier molecular flexibility index (Phi) is 4.58. The summed E-state index contributed by atoms with van der Waals surface area (Å²) < 4.78 is 0. The molecule has 3 heteroatoms. The minimum atomic E-state index is -0.0818. The molecule has 1 saturated heterocycles. The van der Waals surface area contributed by atoms with E-state index in [1.165, 1.54) is 11.1 Å². The molecule has 2 aliphatic rings. The first-order chi connectivity index (χ1) is 12.6. The van der Waals surface area contributed by atoms with E-state index in [4.69, 9.17) is 0 Å². The Morgan fingerprint density at radius 1 is 1.04 bits per heavy atom. The van der Waals surface area contributed by atoms with Gasteiger partial charge in [-0.2, -0.15) is 0 Å². The highest BCUT2D eigenvalue weighted by Gasteiger charge is 2.57. The molecule has 0 bridgehead atoms. The van der Waals surface area contributed by atoms with Crippen LogP contribution in [-0.2, 0) is 4.79 Å². The fourth-order valence-corrected chi connectivity index (χ4v) is 4.50. The molecule has 4 rings (SSSR count). The standard InChI is InChI=1S/C23H28N2O/c1-16-5-3-7-18(13-16)21(19-8-4-6-17(2)14-19)25-22(26)20-15-23(20)9-11-24-12-10-23/h3-8,13-14,20-21,24H,9-12,15H2,1-2H3,(H,25,26). The largest absolute Gasteiger partial charge is 0.345 e. The predicted molar refractivity (Wildman–Crippen MR) is 105 cm³/mol. The third-order valence-electron chi connectivity index (χ3n) is 6.14. The van der Waals surface area contributed by atoms with Crippen LogP contribution in [0.2, 0.25) is 0 Å². The highest BCUT2D eigenvalue weighted by molar-refractivity contribution is 5.83. The van der Waals surface area contributed by atoms with Crippen molar-refractivity contribution in [1.82, 2.24) is 10.6 Å². The van der Waals surface area contributed by atoms with Crippen molar-refractivity contribution in [3.63, 3.8) is 0 Å². The summed E-state index contributed by atoms with van der Waals surface area (Å²) in [5.41, 5.74) is 5.01. The molecule has 3 nitrogen and oxygen atoms in total. The maximum absolute atomic E-state index is 13.1. The monoisotopic (exact) mass is 348 g/mol. The van der Waals surface area contributed by atoms with Gasteiger partial charge in [-0.15, -0.1) is 0 Å². The number of carbonyl (C=O) groups is 1. The van der Waals surface area contributed by atoms with Gasteiger partial charge in [0.15, 0.2) is 0 Å². The Balaban J connectivity index is 1.58. The molecule has 1 heterocycles. The number of aryl methyl sites for hydroxylation is 2. The lowest BCUT2D eigenvalue weighted by atomic mass is 9.91. The zero-order chi connectivity index (χ0) is 18.1. The van der Waals surface area contributed by atoms with E-state index in [0.717, 1.165) is 43.5 Å². The molecular formula is C23H28N2O. The number of hydrogen-bond donors (Lipinski definition) is 2. The van der Waals surface area contributed by atoms with Gasteiger partial charge < -0.3 is 10.6 Å². The molecule has 1 aliphatic carbocycles. The fraction of sp³-hybridized carbons (Fsp3) is 0.435. The maximum Gasteiger partial charge on any atom is 0.224 e. The minimum Gasteiger partial charge on any atom is -0.345 e. The van der Waals surface area contributed by atoms with Crippen LogP contribution in [0.15, 0.2) is 48.5 Å². The predicted octanol–water partition coefficient (Wildman–Crippen LogP) is 3.90. The second-order valence-electron chi connectivity index (χ2n) is 8.14. The van der Waals surface area contributed by atoms with Gasteiger partial charge in [-0.1, -0.05) is 59.7 Å². The number of carbonyl (C=O) groups excluding carboxylic acids is 1. The Morgan fingerprint density at radius 2 is 1.62 bits per heavy atom. The van der Waals surface area contributed by atoms with Gasteiger partial charge in [0, 0.05) is 5.92 Å². The van der Waals surface area contributed by atoms with Gasteiger partial charge in [-0.05, 0) is 62.7 Å². The van der Waals surface area contributed by atoms with E-state index in [-0.39, 0.29) is 23.3 Å². The summed E-state index contributed by atoms with van der Waals surface area (Å²) in [6.07, 6.45) is 3.31. The Bertz CT molecular complexity index is 762. The van der Waals surface area contributed by atoms with Crippen LogP contribution >= 0.6 is 0 Å². The third kappa shape index (κ3) is 3.41. The lowest BCUT2D eigenvalue weighted by Gasteiger charge is -2.25. The van der Waals surface area contributed by atoms with Crippen molar-refractivity contribution in [1.29, 1.82) is 0 Å². The van der Waals surface area contributed by atoms with Crippen LogP contribution in [-0.4, -0.2) is 19.0 Å². The molecule has 2 aromatic carbocycles. The van der Waals surface area contributed by atoms with Gasteiger partial charge in [0.1, 0.15) is 0 Å². The van der Waals surface area contributed by atoms with Crippen LogP contribution in [0.4, 0.5) is 0 Å². The third-order valence-corrected chi connectivity index (χ3v) is 6.14. The summed E-state index contributed by atoms with van der Waals surface area (Å²) in [7, 11) is 0. The van der Waals surface area contributed by atoms with Crippen molar-refractivity contribution in [2.75, 3.05) is 13.1 Å². The second kappa shape index (κ2) is 6.88. The first kappa shape index (κ1) is 17.3. The second-order valence-corrected chi connectivity index (χ2v) is 8.14. The highest BCUT2D eigenvalue weighted by atomic mass is 16.2. The average molecular weight is 348 g/mol. The number of piperidine rings is 1. The average Bonchev–Trinajstić information content (AvgIpc) is 3.33. The van der Waals surface area contributed by atoms with Crippen molar-refractivity contribution >= 4 is 5.91 Å². The normalized spacial score (nSPS) is 21.0. The molecule has 2 fully saturated rings. The topological polar surface area (TPSA) is 41.1 Å². The van der Waals surface area contributed by atoms with Crippen LogP contribution in [0.1, 0.15) is 47.6 Å². The summed E-state index contributed by atoms with van der Waals surface area (Å²) in [5.74, 6) is 0.404. The van der Waals surface area contributed by atoms with E-state index in [9.17, 15) is 4.79 Å². The zero-order valence-electron chi connectivity index (χ0n) is 15.7. The van der Waals surface area contributed by atoms with Gasteiger partial charge in [-0.3, -0.25) is 4.79 Å². The Labute approximate surface area is 156 Å². The first-order valence-corrected chi connectivity index (χ1v) is 9.72. The van der Waals surface area contributed by atoms with E-state index >= 15 is 0 Å². The summed E-state index contributed by atoms with van der Waals surface area (Å²) >= 11 is 0. The van der Waals surface area contributed by atoms with E-state index in [0.29, 0.717) is 0 Å². The van der Waals surface area contributed by atoms with E-state index in [1.807, 2.05) is 0 Å². The smallest absolute Gasteiger partial charge is 0.224 e. The zero-order valence-corrected chi connectivity index (χ0v) is 15.7. The molecule has 0 aromatic heterocycles. The highest BCUT2D eigenvalue weighted by Crippen LogP contribution is 2.58. The number of amides is 1. The van der Waals surface area contributed by atoms with Crippen molar-refractivity contribution in [3.05, 3.63) is 70.8 Å². The van der Waals surface area contributed by atoms with Gasteiger partial charge in [-0.25, -0.2) is 0 Å². The van der Waals surface area contributed by atoms with Crippen LogP contribution in [0, 0.1) is 25.2 Å². The molecule has 1 unspecified atom stereocenters. The fourth-order valence-electron chi connectivity index (χ4n) is 4.50. The maximum atomic E-state index is 13.1. The number of rotatable bonds is 4. The SMILES string of the molecule is Cc1cccc(C(NC(=O)C2CC23CCNCC3)c2cccc(C)c2)c1. The molecule has 136 valence electrons. The molecule has 2 aromatic rings. The number of hydrogen-bond acceptors (Lipinski definition) is 2. The Hall–Kier alpha value is -2.13. The van der Waals surface area contributed by atoms with Gasteiger partial charge >= 0.3 is 0 Å². The summed E-state index contributed by atoms with van der Waals surface area (Å²) in [5, 5.41) is 6.79. The molecule has 1 aliphatic heterocycles. The van der Waals surface area contributed by atoms with Crippen molar-refractivity contribution in [2.24, 2.45) is 11.3 Å².